The van der Waals surface area contributed by atoms with Gasteiger partial charge in [-0.15, -0.1) is 0 Å². The normalized spacial score (nSPS) is 12.2. The average Bonchev–Trinajstić information content (AvgIpc) is 2.28. The minimum absolute atomic E-state index is 0.0479. The van der Waals surface area contributed by atoms with Crippen molar-refractivity contribution in [3.05, 3.63) is 22.3 Å². The van der Waals surface area contributed by atoms with Gasteiger partial charge in [0.2, 0.25) is 0 Å². The number of carbonyl (C=O) groups is 1. The van der Waals surface area contributed by atoms with Crippen molar-refractivity contribution in [2.45, 2.75) is 13.0 Å². The summed E-state index contributed by atoms with van der Waals surface area (Å²) in [5.41, 5.74) is 0.171. The first-order chi connectivity index (χ1) is 7.97. The molecule has 0 amide bonds. The van der Waals surface area contributed by atoms with E-state index in [0.717, 1.165) is 0 Å². The Bertz CT molecular complexity index is 412. The fourth-order valence-corrected chi connectivity index (χ4v) is 1.76. The van der Waals surface area contributed by atoms with Gasteiger partial charge in [0.05, 0.1) is 12.6 Å². The highest BCUT2D eigenvalue weighted by molar-refractivity contribution is 9.10. The van der Waals surface area contributed by atoms with Crippen molar-refractivity contribution < 1.29 is 14.6 Å². The molecule has 5 nitrogen and oxygen atoms in total. The highest BCUT2D eigenvalue weighted by atomic mass is 79.9. The van der Waals surface area contributed by atoms with Crippen LogP contribution >= 0.6 is 15.9 Å². The summed E-state index contributed by atoms with van der Waals surface area (Å²) in [6, 6.07) is 1.59. The second kappa shape index (κ2) is 5.97. The van der Waals surface area contributed by atoms with Gasteiger partial charge in [-0.05, 0) is 28.9 Å². The molecule has 0 bridgehead atoms. The highest BCUT2D eigenvalue weighted by Gasteiger charge is 2.19. The van der Waals surface area contributed by atoms with E-state index >= 15 is 0 Å². The lowest BCUT2D eigenvalue weighted by Crippen LogP contribution is -2.34. The lowest BCUT2D eigenvalue weighted by atomic mass is 10.2. The summed E-state index contributed by atoms with van der Waals surface area (Å²) in [7, 11) is 3.41. The van der Waals surface area contributed by atoms with Crippen molar-refractivity contribution in [3.8, 4) is 0 Å². The third-order valence-corrected chi connectivity index (χ3v) is 2.90. The number of methoxy groups -OCH3 is 1. The lowest BCUT2D eigenvalue weighted by Gasteiger charge is -2.26. The van der Waals surface area contributed by atoms with Gasteiger partial charge in [0.25, 0.3) is 0 Å². The zero-order valence-electron chi connectivity index (χ0n) is 9.98. The van der Waals surface area contributed by atoms with Crippen LogP contribution in [0.4, 0.5) is 5.82 Å². The number of aromatic nitrogens is 1. The van der Waals surface area contributed by atoms with Crippen molar-refractivity contribution in [1.29, 1.82) is 0 Å². The van der Waals surface area contributed by atoms with E-state index in [9.17, 15) is 4.79 Å². The second-order valence-corrected chi connectivity index (χ2v) is 4.66. The van der Waals surface area contributed by atoms with Crippen molar-refractivity contribution in [3.63, 3.8) is 0 Å². The van der Waals surface area contributed by atoms with Crippen molar-refractivity contribution in [2.24, 2.45) is 0 Å². The lowest BCUT2D eigenvalue weighted by molar-refractivity contribution is 0.0697. The van der Waals surface area contributed by atoms with Gasteiger partial charge in [-0.25, -0.2) is 9.78 Å². The maximum atomic E-state index is 11.1. The van der Waals surface area contributed by atoms with E-state index in [0.29, 0.717) is 16.9 Å². The number of anilines is 1. The molecular weight excluding hydrogens is 288 g/mol. The Morgan fingerprint density at radius 2 is 2.35 bits per heavy atom. The summed E-state index contributed by atoms with van der Waals surface area (Å²) in [6.45, 7) is 2.45. The molecule has 1 atom stereocenters. The topological polar surface area (TPSA) is 62.7 Å². The molecule has 1 aromatic rings. The molecule has 0 aliphatic rings. The first-order valence-corrected chi connectivity index (χ1v) is 5.87. The number of ether oxygens (including phenoxy) is 1. The average molecular weight is 303 g/mol. The Labute approximate surface area is 109 Å². The summed E-state index contributed by atoms with van der Waals surface area (Å²) >= 11 is 3.21. The molecule has 94 valence electrons. The molecule has 1 unspecified atom stereocenters. The summed E-state index contributed by atoms with van der Waals surface area (Å²) in [4.78, 5) is 17.1. The fraction of sp³-hybridized carbons (Fsp3) is 0.455. The quantitative estimate of drug-likeness (QED) is 0.901. The molecule has 6 heteroatoms. The highest BCUT2D eigenvalue weighted by Crippen LogP contribution is 2.22. The van der Waals surface area contributed by atoms with E-state index in [2.05, 4.69) is 20.9 Å². The van der Waals surface area contributed by atoms with Gasteiger partial charge in [0, 0.05) is 24.8 Å². The van der Waals surface area contributed by atoms with E-state index < -0.39 is 5.97 Å². The summed E-state index contributed by atoms with van der Waals surface area (Å²) in [5, 5.41) is 9.13. The van der Waals surface area contributed by atoms with Gasteiger partial charge in [-0.2, -0.15) is 0 Å². The van der Waals surface area contributed by atoms with Crippen LogP contribution in [0, 0.1) is 0 Å². The van der Waals surface area contributed by atoms with E-state index in [4.69, 9.17) is 9.84 Å². The monoisotopic (exact) mass is 302 g/mol. The van der Waals surface area contributed by atoms with Gasteiger partial charge >= 0.3 is 5.97 Å². The maximum absolute atomic E-state index is 11.1. The molecule has 0 aliphatic carbocycles. The van der Waals surface area contributed by atoms with Gasteiger partial charge in [-0.3, -0.25) is 0 Å². The van der Waals surface area contributed by atoms with Crippen LogP contribution < -0.4 is 4.90 Å². The number of nitrogens with zero attached hydrogens (tertiary/aromatic N) is 2. The Hall–Kier alpha value is -1.14. The number of hydrogen-bond donors (Lipinski definition) is 1. The Kier molecular flexibility index (Phi) is 4.89. The van der Waals surface area contributed by atoms with Crippen molar-refractivity contribution >= 4 is 27.7 Å². The maximum Gasteiger partial charge on any atom is 0.339 e. The first-order valence-electron chi connectivity index (χ1n) is 5.08. The summed E-state index contributed by atoms with van der Waals surface area (Å²) < 4.78 is 5.69. The number of halogens is 1. The number of likely N-dealkylation sites (N-methyl/N-ethyl adjacent to an activating group) is 1. The molecule has 1 N–H and O–H groups in total. The first kappa shape index (κ1) is 13.9. The number of pyridine rings is 1. The minimum Gasteiger partial charge on any atom is -0.478 e. The second-order valence-electron chi connectivity index (χ2n) is 3.75. The van der Waals surface area contributed by atoms with Crippen LogP contribution in [-0.2, 0) is 4.74 Å². The van der Waals surface area contributed by atoms with Gasteiger partial charge in [0.1, 0.15) is 11.4 Å². The Balaban J connectivity index is 3.08. The standard InChI is InChI=1S/C11H15BrN2O3/c1-7(6-17-3)14(2)10-9(11(15)16)4-8(12)5-13-10/h4-5,7H,6H2,1-3H3,(H,15,16). The van der Waals surface area contributed by atoms with Gasteiger partial charge in [0.15, 0.2) is 0 Å². The van der Waals surface area contributed by atoms with Crippen LogP contribution in [0.1, 0.15) is 17.3 Å². The van der Waals surface area contributed by atoms with Crippen LogP contribution in [0.3, 0.4) is 0 Å². The molecule has 0 radical (unpaired) electrons. The number of carboxylic acids is 1. The molecule has 0 saturated carbocycles. The van der Waals surface area contributed by atoms with Crippen LogP contribution in [0.25, 0.3) is 0 Å². The molecule has 1 rings (SSSR count). The molecule has 1 heterocycles. The molecule has 0 aromatic carbocycles. The molecule has 17 heavy (non-hydrogen) atoms. The van der Waals surface area contributed by atoms with Crippen LogP contribution in [0.2, 0.25) is 0 Å². The van der Waals surface area contributed by atoms with E-state index in [1.165, 1.54) is 0 Å². The predicted molar refractivity (Wildman–Crippen MR) is 68.6 cm³/mol. The third kappa shape index (κ3) is 3.41. The predicted octanol–water partition coefficient (Wildman–Crippen LogP) is 2.01. The van der Waals surface area contributed by atoms with E-state index in [1.807, 2.05) is 6.92 Å². The summed E-state index contributed by atoms with van der Waals surface area (Å²) in [5.74, 6) is -0.560. The number of hydrogen-bond acceptors (Lipinski definition) is 4. The fourth-order valence-electron chi connectivity index (χ4n) is 1.43. The number of carboxylic acid groups (broad SMARTS) is 1. The van der Waals surface area contributed by atoms with E-state index in [1.54, 1.807) is 31.3 Å². The Morgan fingerprint density at radius 3 is 2.88 bits per heavy atom. The van der Waals surface area contributed by atoms with Crippen molar-refractivity contribution in [2.75, 3.05) is 25.7 Å². The van der Waals surface area contributed by atoms with Crippen LogP contribution in [0.15, 0.2) is 16.7 Å². The Morgan fingerprint density at radius 1 is 1.71 bits per heavy atom. The van der Waals surface area contributed by atoms with Gasteiger partial charge in [-0.1, -0.05) is 0 Å². The minimum atomic E-state index is -0.995. The number of aromatic carboxylic acids is 1. The zero-order chi connectivity index (χ0) is 13.0. The zero-order valence-corrected chi connectivity index (χ0v) is 11.6. The smallest absolute Gasteiger partial charge is 0.339 e. The SMILES string of the molecule is COCC(C)N(C)c1ncc(Br)cc1C(=O)O. The van der Waals surface area contributed by atoms with E-state index in [-0.39, 0.29) is 11.6 Å². The van der Waals surface area contributed by atoms with Crippen LogP contribution in [0.5, 0.6) is 0 Å². The number of rotatable bonds is 5. The molecule has 0 saturated heterocycles. The third-order valence-electron chi connectivity index (χ3n) is 2.47. The molecule has 0 spiro atoms. The largest absolute Gasteiger partial charge is 0.478 e. The molecule has 0 aliphatic heterocycles. The molecular formula is C11H15BrN2O3. The summed E-state index contributed by atoms with van der Waals surface area (Å²) in [6.07, 6.45) is 1.58. The van der Waals surface area contributed by atoms with Crippen molar-refractivity contribution in [1.82, 2.24) is 4.98 Å². The van der Waals surface area contributed by atoms with Crippen LogP contribution in [-0.4, -0.2) is 42.9 Å². The van der Waals surface area contributed by atoms with Gasteiger partial charge < -0.3 is 14.7 Å². The molecule has 1 aromatic heterocycles. The molecule has 0 fully saturated rings.